The maximum atomic E-state index is 11.0. The summed E-state index contributed by atoms with van der Waals surface area (Å²) in [4.78, 5) is 10.7. The Morgan fingerprint density at radius 2 is 2.00 bits per heavy atom. The van der Waals surface area contributed by atoms with E-state index in [1.54, 1.807) is 0 Å². The van der Waals surface area contributed by atoms with Gasteiger partial charge in [0.15, 0.2) is 0 Å². The zero-order chi connectivity index (χ0) is 11.6. The average molecular weight is 275 g/mol. The molecule has 15 heavy (non-hydrogen) atoms. The first-order valence-electron chi connectivity index (χ1n) is 3.98. The van der Waals surface area contributed by atoms with E-state index in [1.807, 2.05) is 0 Å². The summed E-state index contributed by atoms with van der Waals surface area (Å²) in [7, 11) is 0. The van der Waals surface area contributed by atoms with Gasteiger partial charge in [-0.1, -0.05) is 0 Å². The van der Waals surface area contributed by atoms with Gasteiger partial charge in [-0.25, -0.2) is 0 Å². The van der Waals surface area contributed by atoms with Crippen molar-refractivity contribution >= 4 is 30.1 Å². The number of nitrogens with one attached hydrogen (secondary N) is 1. The van der Waals surface area contributed by atoms with Crippen LogP contribution in [0, 0.1) is 0 Å². The third kappa shape index (κ3) is 2.86. The molecule has 0 saturated carbocycles. The Morgan fingerprint density at radius 3 is 2.47 bits per heavy atom. The Balaban J connectivity index is 3.23. The third-order valence-corrected chi connectivity index (χ3v) is 3.71. The summed E-state index contributed by atoms with van der Waals surface area (Å²) in [6.45, 7) is 1.23. The van der Waals surface area contributed by atoms with Crippen molar-refractivity contribution in [3.05, 3.63) is 18.2 Å². The van der Waals surface area contributed by atoms with Crippen molar-refractivity contribution in [2.24, 2.45) is 0 Å². The second-order valence-electron chi connectivity index (χ2n) is 2.90. The molecule has 0 heterocycles. The van der Waals surface area contributed by atoms with Crippen LogP contribution >= 0.6 is 0 Å². The molecular formula is C8H10AsNO5. The van der Waals surface area contributed by atoms with E-state index in [4.69, 9.17) is 8.19 Å². The zero-order valence-corrected chi connectivity index (χ0v) is 9.71. The molecule has 0 spiro atoms. The van der Waals surface area contributed by atoms with Crippen LogP contribution in [0.2, 0.25) is 0 Å². The first-order chi connectivity index (χ1) is 6.82. The minimum atomic E-state index is -5.15. The molecule has 0 saturated heterocycles. The van der Waals surface area contributed by atoms with Gasteiger partial charge in [0.2, 0.25) is 0 Å². The molecule has 1 aromatic carbocycles. The van der Waals surface area contributed by atoms with E-state index in [0.717, 1.165) is 6.07 Å². The molecule has 4 N–H and O–H groups in total. The van der Waals surface area contributed by atoms with E-state index >= 15 is 0 Å². The van der Waals surface area contributed by atoms with Gasteiger partial charge in [-0.05, 0) is 0 Å². The van der Waals surface area contributed by atoms with Gasteiger partial charge < -0.3 is 0 Å². The van der Waals surface area contributed by atoms with E-state index in [2.05, 4.69) is 5.32 Å². The Hall–Kier alpha value is -1.23. The Morgan fingerprint density at radius 1 is 1.40 bits per heavy atom. The fourth-order valence-electron chi connectivity index (χ4n) is 1.06. The quantitative estimate of drug-likeness (QED) is 0.405. The fraction of sp³-hybridized carbons (Fsp3) is 0.125. The molecule has 0 aliphatic carbocycles. The molecule has 1 aromatic rings. The summed E-state index contributed by atoms with van der Waals surface area (Å²) in [6, 6.07) is 3.83. The van der Waals surface area contributed by atoms with Crippen LogP contribution in [0.5, 0.6) is 5.75 Å². The number of anilines is 1. The van der Waals surface area contributed by atoms with Crippen molar-refractivity contribution in [3.63, 3.8) is 0 Å². The molecule has 0 bridgehead atoms. The third-order valence-electron chi connectivity index (χ3n) is 1.64. The van der Waals surface area contributed by atoms with E-state index in [1.165, 1.54) is 19.1 Å². The van der Waals surface area contributed by atoms with Crippen LogP contribution < -0.4 is 9.67 Å². The van der Waals surface area contributed by atoms with Gasteiger partial charge in [-0.3, -0.25) is 0 Å². The van der Waals surface area contributed by atoms with Crippen molar-refractivity contribution in [2.45, 2.75) is 6.92 Å². The predicted octanol–water partition coefficient (Wildman–Crippen LogP) is -1.09. The van der Waals surface area contributed by atoms with Crippen LogP contribution in [0.1, 0.15) is 6.92 Å². The Kier molecular flexibility index (Phi) is 3.24. The summed E-state index contributed by atoms with van der Waals surface area (Å²) < 4.78 is 28.4. The monoisotopic (exact) mass is 275 g/mol. The van der Waals surface area contributed by atoms with Gasteiger partial charge in [-0.15, -0.1) is 0 Å². The Bertz CT molecular complexity index is 439. The van der Waals surface area contributed by atoms with Gasteiger partial charge in [0.1, 0.15) is 0 Å². The van der Waals surface area contributed by atoms with Gasteiger partial charge >= 0.3 is 88.1 Å². The van der Waals surface area contributed by atoms with E-state index in [0.29, 0.717) is 0 Å². The number of carbonyl (C=O) groups excluding carboxylic acids is 1. The second-order valence-corrected chi connectivity index (χ2v) is 6.19. The topological polar surface area (TPSA) is 107 Å². The van der Waals surface area contributed by atoms with Crippen molar-refractivity contribution in [2.75, 3.05) is 5.32 Å². The van der Waals surface area contributed by atoms with Crippen LogP contribution in [-0.2, 0) is 8.53 Å². The molecule has 0 fully saturated rings. The number of phenols is 1. The number of hydrogen-bond acceptors (Lipinski definition) is 3. The first-order valence-corrected chi connectivity index (χ1v) is 7.36. The van der Waals surface area contributed by atoms with Gasteiger partial charge in [0.05, 0.1) is 0 Å². The molecule has 0 unspecified atom stereocenters. The number of rotatable bonds is 2. The van der Waals surface area contributed by atoms with Gasteiger partial charge in [-0.2, -0.15) is 0 Å². The molecule has 82 valence electrons. The zero-order valence-electron chi connectivity index (χ0n) is 7.84. The van der Waals surface area contributed by atoms with Crippen molar-refractivity contribution in [3.8, 4) is 5.75 Å². The van der Waals surface area contributed by atoms with Gasteiger partial charge in [0, 0.05) is 0 Å². The molecular weight excluding hydrogens is 265 g/mol. The molecule has 0 aliphatic rings. The number of aromatic hydroxyl groups is 1. The molecule has 6 nitrogen and oxygen atoms in total. The van der Waals surface area contributed by atoms with E-state index in [-0.39, 0.29) is 5.69 Å². The van der Waals surface area contributed by atoms with Gasteiger partial charge in [0.25, 0.3) is 0 Å². The van der Waals surface area contributed by atoms with Crippen LogP contribution in [0.4, 0.5) is 5.69 Å². The normalized spacial score (nSPS) is 11.1. The number of benzene rings is 1. The number of amides is 1. The van der Waals surface area contributed by atoms with Crippen LogP contribution in [0.25, 0.3) is 0 Å². The molecule has 0 atom stereocenters. The number of carbonyl (C=O) groups is 1. The molecule has 1 rings (SSSR count). The number of para-hydroxylation sites is 1. The minimum absolute atomic E-state index is 0.00951. The SMILES string of the molecule is CC(=O)Nc1cccc([As](=O)(O)O)c1O. The first kappa shape index (κ1) is 11.8. The summed E-state index contributed by atoms with van der Waals surface area (Å²) >= 11 is -5.15. The van der Waals surface area contributed by atoms with Crippen molar-refractivity contribution in [1.82, 2.24) is 0 Å². The summed E-state index contributed by atoms with van der Waals surface area (Å²) in [6.07, 6.45) is 0. The summed E-state index contributed by atoms with van der Waals surface area (Å²) in [5.74, 6) is -1.01. The maximum absolute atomic E-state index is 11.0. The van der Waals surface area contributed by atoms with Crippen molar-refractivity contribution < 1.29 is 21.8 Å². The molecule has 0 radical (unpaired) electrons. The molecule has 7 heteroatoms. The molecule has 0 aliphatic heterocycles. The summed E-state index contributed by atoms with van der Waals surface area (Å²) in [5.41, 5.74) is -0.00951. The Labute approximate surface area is 88.6 Å². The van der Waals surface area contributed by atoms with E-state index in [9.17, 15) is 13.6 Å². The van der Waals surface area contributed by atoms with E-state index < -0.39 is 30.2 Å². The van der Waals surface area contributed by atoms with Crippen LogP contribution in [0.15, 0.2) is 18.2 Å². The number of phenolic OH excluding ortho intramolecular Hbond substituents is 1. The summed E-state index contributed by atoms with van der Waals surface area (Å²) in [5, 5.41) is 11.7. The average Bonchev–Trinajstić information content (AvgIpc) is 2.05. The standard InChI is InChI=1S/C8H10AsNO5/c1-5(11)10-7-4-2-3-6(8(7)12)9(13,14)15/h2-4,12H,1H3,(H,10,11)(H2,13,14,15). The second kappa shape index (κ2) is 4.10. The fourth-order valence-corrected chi connectivity index (χ4v) is 2.48. The molecule has 0 aromatic heterocycles. The van der Waals surface area contributed by atoms with Crippen molar-refractivity contribution in [1.29, 1.82) is 0 Å². The number of hydrogen-bond donors (Lipinski definition) is 4. The van der Waals surface area contributed by atoms with Crippen LogP contribution in [-0.4, -0.2) is 33.4 Å². The predicted molar refractivity (Wildman–Crippen MR) is 52.9 cm³/mol. The van der Waals surface area contributed by atoms with Crippen LogP contribution in [0.3, 0.4) is 0 Å². The molecule has 1 amide bonds.